The van der Waals surface area contributed by atoms with E-state index >= 15 is 0 Å². The molecule has 1 aromatic carbocycles. The number of hydrogen-bond acceptors (Lipinski definition) is 3. The van der Waals surface area contributed by atoms with Crippen LogP contribution in [0.3, 0.4) is 0 Å². The highest BCUT2D eigenvalue weighted by atomic mass is 16.2. The van der Waals surface area contributed by atoms with E-state index in [0.717, 1.165) is 39.1 Å². The average molecular weight is 303 g/mol. The molecule has 1 fully saturated rings. The van der Waals surface area contributed by atoms with Gasteiger partial charge in [-0.1, -0.05) is 30.3 Å². The second kappa shape index (κ2) is 7.75. The zero-order valence-corrected chi connectivity index (χ0v) is 14.1. The van der Waals surface area contributed by atoms with Gasteiger partial charge in [-0.3, -0.25) is 9.69 Å². The molecule has 1 aliphatic rings. The van der Waals surface area contributed by atoms with Crippen molar-refractivity contribution in [1.29, 1.82) is 0 Å². The Labute approximate surface area is 134 Å². The highest BCUT2D eigenvalue weighted by molar-refractivity contribution is 5.76. The fraction of sp³-hybridized carbons (Fsp3) is 0.611. The first-order chi connectivity index (χ1) is 10.5. The third kappa shape index (κ3) is 4.55. The Kier molecular flexibility index (Phi) is 5.98. The van der Waals surface area contributed by atoms with Crippen molar-refractivity contribution >= 4 is 5.91 Å². The zero-order valence-electron chi connectivity index (χ0n) is 14.1. The van der Waals surface area contributed by atoms with Crippen LogP contribution in [0.15, 0.2) is 30.3 Å². The number of nitrogens with zero attached hydrogens (tertiary/aromatic N) is 2. The number of rotatable bonds is 6. The van der Waals surface area contributed by atoms with Gasteiger partial charge in [0, 0.05) is 38.1 Å². The summed E-state index contributed by atoms with van der Waals surface area (Å²) in [6.07, 6.45) is 1.57. The molecule has 122 valence electrons. The lowest BCUT2D eigenvalue weighted by molar-refractivity contribution is -0.136. The first-order valence-corrected chi connectivity index (χ1v) is 8.24. The molecule has 0 atom stereocenters. The quantitative estimate of drug-likeness (QED) is 0.818. The molecule has 0 saturated carbocycles. The van der Waals surface area contributed by atoms with Crippen LogP contribution in [0, 0.1) is 0 Å². The number of hydrogen-bond donors (Lipinski definition) is 1. The van der Waals surface area contributed by atoms with E-state index in [4.69, 9.17) is 0 Å². The lowest BCUT2D eigenvalue weighted by Crippen LogP contribution is -2.59. The van der Waals surface area contributed by atoms with Gasteiger partial charge in [-0.15, -0.1) is 0 Å². The largest absolute Gasteiger partial charge is 0.340 e. The van der Waals surface area contributed by atoms with Gasteiger partial charge in [0.2, 0.25) is 5.91 Å². The molecule has 1 aliphatic heterocycles. The summed E-state index contributed by atoms with van der Waals surface area (Å²) < 4.78 is 0. The normalized spacial score (nSPS) is 18.4. The number of piperazine rings is 1. The van der Waals surface area contributed by atoms with Crippen molar-refractivity contribution in [3.63, 3.8) is 0 Å². The first kappa shape index (κ1) is 17.0. The number of carbonyl (C=O) groups is 1. The Bertz CT molecular complexity index is 472. The molecule has 1 amide bonds. The van der Waals surface area contributed by atoms with Gasteiger partial charge in [0.25, 0.3) is 0 Å². The van der Waals surface area contributed by atoms with Gasteiger partial charge < -0.3 is 10.2 Å². The van der Waals surface area contributed by atoms with Crippen LogP contribution in [0.25, 0.3) is 0 Å². The van der Waals surface area contributed by atoms with Crippen LogP contribution in [0.5, 0.6) is 0 Å². The summed E-state index contributed by atoms with van der Waals surface area (Å²) in [4.78, 5) is 16.8. The van der Waals surface area contributed by atoms with Gasteiger partial charge in [-0.25, -0.2) is 0 Å². The maximum atomic E-state index is 12.3. The summed E-state index contributed by atoms with van der Waals surface area (Å²) in [5, 5.41) is 3.10. The Balaban J connectivity index is 1.90. The van der Waals surface area contributed by atoms with E-state index in [9.17, 15) is 4.79 Å². The summed E-state index contributed by atoms with van der Waals surface area (Å²) in [5.41, 5.74) is 1.36. The molecule has 4 nitrogen and oxygen atoms in total. The van der Waals surface area contributed by atoms with Crippen LogP contribution in [0.4, 0.5) is 0 Å². The van der Waals surface area contributed by atoms with Crippen molar-refractivity contribution in [2.24, 2.45) is 0 Å². The lowest BCUT2D eigenvalue weighted by Gasteiger charge is -2.47. The highest BCUT2D eigenvalue weighted by Crippen LogP contribution is 2.23. The highest BCUT2D eigenvalue weighted by Gasteiger charge is 2.35. The van der Waals surface area contributed by atoms with Gasteiger partial charge in [0.15, 0.2) is 0 Å². The third-order valence-corrected chi connectivity index (χ3v) is 4.46. The SMILES string of the molecule is CNCCCC(=O)N1CCN(Cc2ccccc2)C(C)(C)C1. The topological polar surface area (TPSA) is 35.6 Å². The number of carbonyl (C=O) groups excluding carboxylic acids is 1. The Morgan fingerprint density at radius 1 is 1.23 bits per heavy atom. The van der Waals surface area contributed by atoms with Crippen LogP contribution >= 0.6 is 0 Å². The van der Waals surface area contributed by atoms with Crippen LogP contribution < -0.4 is 5.32 Å². The van der Waals surface area contributed by atoms with Crippen molar-refractivity contribution in [2.75, 3.05) is 33.2 Å². The molecule has 0 unspecified atom stereocenters. The van der Waals surface area contributed by atoms with Crippen LogP contribution in [0.1, 0.15) is 32.3 Å². The summed E-state index contributed by atoms with van der Waals surface area (Å²) >= 11 is 0. The van der Waals surface area contributed by atoms with Gasteiger partial charge in [0.1, 0.15) is 0 Å². The van der Waals surface area contributed by atoms with Crippen LogP contribution in [-0.2, 0) is 11.3 Å². The molecule has 0 radical (unpaired) electrons. The molecule has 1 heterocycles. The standard InChI is InChI=1S/C18H29N3O/c1-18(2)15-20(17(22)10-7-11-19-3)12-13-21(18)14-16-8-5-4-6-9-16/h4-6,8-9,19H,7,10-15H2,1-3H3. The molecule has 0 spiro atoms. The number of amides is 1. The summed E-state index contributed by atoms with van der Waals surface area (Å²) in [6, 6.07) is 10.6. The minimum Gasteiger partial charge on any atom is -0.340 e. The summed E-state index contributed by atoms with van der Waals surface area (Å²) in [6.45, 7) is 8.94. The minimum atomic E-state index is 0.0206. The van der Waals surface area contributed by atoms with Gasteiger partial charge in [-0.05, 0) is 39.4 Å². The average Bonchev–Trinajstić information content (AvgIpc) is 2.50. The molecule has 0 aromatic heterocycles. The molecular formula is C18H29N3O. The van der Waals surface area contributed by atoms with Crippen molar-refractivity contribution in [1.82, 2.24) is 15.1 Å². The zero-order chi connectivity index (χ0) is 16.0. The fourth-order valence-corrected chi connectivity index (χ4v) is 3.07. The van der Waals surface area contributed by atoms with Gasteiger partial charge in [-0.2, -0.15) is 0 Å². The van der Waals surface area contributed by atoms with E-state index in [1.807, 2.05) is 11.9 Å². The van der Waals surface area contributed by atoms with Crippen LogP contribution in [0.2, 0.25) is 0 Å². The maximum absolute atomic E-state index is 12.3. The molecule has 1 aromatic rings. The predicted octanol–water partition coefficient (Wildman–Crippen LogP) is 2.11. The number of nitrogens with one attached hydrogen (secondary N) is 1. The van der Waals surface area contributed by atoms with E-state index in [1.54, 1.807) is 0 Å². The monoisotopic (exact) mass is 303 g/mol. The molecule has 2 rings (SSSR count). The van der Waals surface area contributed by atoms with Gasteiger partial charge in [0.05, 0.1) is 0 Å². The summed E-state index contributed by atoms with van der Waals surface area (Å²) in [5.74, 6) is 0.294. The van der Waals surface area contributed by atoms with E-state index < -0.39 is 0 Å². The fourth-order valence-electron chi connectivity index (χ4n) is 3.07. The molecule has 22 heavy (non-hydrogen) atoms. The second-order valence-corrected chi connectivity index (χ2v) is 6.74. The Morgan fingerprint density at radius 3 is 2.59 bits per heavy atom. The lowest BCUT2D eigenvalue weighted by atomic mass is 9.97. The first-order valence-electron chi connectivity index (χ1n) is 8.24. The van der Waals surface area contributed by atoms with Crippen molar-refractivity contribution in [2.45, 2.75) is 38.8 Å². The second-order valence-electron chi connectivity index (χ2n) is 6.74. The molecule has 1 saturated heterocycles. The molecule has 0 bridgehead atoms. The third-order valence-electron chi connectivity index (χ3n) is 4.46. The minimum absolute atomic E-state index is 0.0206. The Morgan fingerprint density at radius 2 is 1.95 bits per heavy atom. The smallest absolute Gasteiger partial charge is 0.222 e. The maximum Gasteiger partial charge on any atom is 0.222 e. The number of benzene rings is 1. The van der Waals surface area contributed by atoms with Gasteiger partial charge >= 0.3 is 0 Å². The van der Waals surface area contributed by atoms with Crippen molar-refractivity contribution < 1.29 is 4.79 Å². The van der Waals surface area contributed by atoms with E-state index in [2.05, 4.69) is 54.4 Å². The van der Waals surface area contributed by atoms with E-state index in [0.29, 0.717) is 12.3 Å². The summed E-state index contributed by atoms with van der Waals surface area (Å²) in [7, 11) is 1.93. The predicted molar refractivity (Wildman–Crippen MR) is 90.7 cm³/mol. The van der Waals surface area contributed by atoms with E-state index in [1.165, 1.54) is 5.56 Å². The molecular weight excluding hydrogens is 274 g/mol. The van der Waals surface area contributed by atoms with E-state index in [-0.39, 0.29) is 5.54 Å². The van der Waals surface area contributed by atoms with Crippen molar-refractivity contribution in [3.8, 4) is 0 Å². The van der Waals surface area contributed by atoms with Crippen LogP contribution in [-0.4, -0.2) is 54.5 Å². The van der Waals surface area contributed by atoms with Crippen molar-refractivity contribution in [3.05, 3.63) is 35.9 Å². The molecule has 1 N–H and O–H groups in total. The molecule has 4 heteroatoms. The molecule has 0 aliphatic carbocycles. The Hall–Kier alpha value is -1.39.